The lowest BCUT2D eigenvalue weighted by molar-refractivity contribution is 1.61. The van der Waals surface area contributed by atoms with Crippen LogP contribution < -0.4 is 10.4 Å². The van der Waals surface area contributed by atoms with Gasteiger partial charge in [0.2, 0.25) is 0 Å². The minimum atomic E-state index is 1.33. The van der Waals surface area contributed by atoms with Crippen molar-refractivity contribution in [2.24, 2.45) is 0 Å². The van der Waals surface area contributed by atoms with E-state index in [1.165, 1.54) is 54.6 Å². The third-order valence-electron chi connectivity index (χ3n) is 5.39. The minimum Gasteiger partial charge on any atom is -0.0616 e. The Morgan fingerprint density at radius 1 is 0.375 bits per heavy atom. The fraction of sp³-hybridized carbons (Fsp3) is 0. The molecule has 0 unspecified atom stereocenters. The van der Waals surface area contributed by atoms with Gasteiger partial charge in [-0.05, 0) is 66.7 Å². The molecular formula is C24H14. The fourth-order valence-electron chi connectivity index (χ4n) is 4.28. The Kier molecular flexibility index (Phi) is 2.18. The van der Waals surface area contributed by atoms with Crippen molar-refractivity contribution in [1.82, 2.24) is 0 Å². The van der Waals surface area contributed by atoms with Crippen molar-refractivity contribution in [1.29, 1.82) is 0 Å². The summed E-state index contributed by atoms with van der Waals surface area (Å²) in [6.45, 7) is 0. The topological polar surface area (TPSA) is 0 Å². The van der Waals surface area contributed by atoms with Gasteiger partial charge in [-0.2, -0.15) is 0 Å². The molecule has 2 aliphatic carbocycles. The van der Waals surface area contributed by atoms with Crippen LogP contribution in [0.3, 0.4) is 0 Å². The van der Waals surface area contributed by atoms with Crippen LogP contribution in [0.4, 0.5) is 0 Å². The van der Waals surface area contributed by atoms with E-state index in [4.69, 9.17) is 0 Å². The van der Waals surface area contributed by atoms with Gasteiger partial charge >= 0.3 is 0 Å². The standard InChI is InChI=1S/C24H14/c1-3-7-17-15(5-1)13-23-19(17)9-11-22-21(23)12-10-20-18-8-4-2-6-16(18)14-24(20)22/h1-14H. The van der Waals surface area contributed by atoms with E-state index in [1.807, 2.05) is 0 Å². The van der Waals surface area contributed by atoms with Gasteiger partial charge in [0.25, 0.3) is 0 Å². The molecule has 0 radical (unpaired) electrons. The first-order chi connectivity index (χ1) is 11.9. The van der Waals surface area contributed by atoms with Crippen molar-refractivity contribution < 1.29 is 0 Å². The van der Waals surface area contributed by atoms with Crippen molar-refractivity contribution >= 4 is 22.9 Å². The molecule has 0 heteroatoms. The van der Waals surface area contributed by atoms with Gasteiger partial charge in [0.05, 0.1) is 0 Å². The molecule has 0 aliphatic heterocycles. The predicted molar refractivity (Wildman–Crippen MR) is 101 cm³/mol. The lowest BCUT2D eigenvalue weighted by Gasteiger charge is -2.06. The van der Waals surface area contributed by atoms with Gasteiger partial charge in [-0.25, -0.2) is 0 Å². The number of fused-ring (bicyclic) bond motifs is 9. The largest absolute Gasteiger partial charge is 0.0616 e. The summed E-state index contributed by atoms with van der Waals surface area (Å²) in [5, 5.41) is 5.43. The highest BCUT2D eigenvalue weighted by Gasteiger charge is 2.17. The fourth-order valence-corrected chi connectivity index (χ4v) is 4.28. The Labute approximate surface area is 140 Å². The summed E-state index contributed by atoms with van der Waals surface area (Å²) in [6, 6.07) is 26.5. The molecular weight excluding hydrogens is 288 g/mol. The summed E-state index contributed by atoms with van der Waals surface area (Å²) in [4.78, 5) is 0. The SMILES string of the molecule is C1=c2c(ccc3c4c(ccc23)-c2ccccc2C=4)-c2ccccc21. The molecule has 0 bridgehead atoms. The lowest BCUT2D eigenvalue weighted by Crippen LogP contribution is -2.10. The van der Waals surface area contributed by atoms with Gasteiger partial charge in [0.15, 0.2) is 0 Å². The maximum Gasteiger partial charge on any atom is -0.00928 e. The average molecular weight is 302 g/mol. The van der Waals surface area contributed by atoms with Crippen LogP contribution in [-0.4, -0.2) is 0 Å². The molecule has 0 heterocycles. The van der Waals surface area contributed by atoms with Crippen LogP contribution in [0.2, 0.25) is 0 Å². The van der Waals surface area contributed by atoms with Crippen LogP contribution in [0.5, 0.6) is 0 Å². The molecule has 0 saturated carbocycles. The average Bonchev–Trinajstić information content (AvgIpc) is 3.20. The molecule has 0 saturated heterocycles. The quantitative estimate of drug-likeness (QED) is 0.389. The van der Waals surface area contributed by atoms with Crippen molar-refractivity contribution in [2.75, 3.05) is 0 Å². The molecule has 0 amide bonds. The molecule has 0 N–H and O–H groups in total. The highest BCUT2D eigenvalue weighted by atomic mass is 14.2. The summed E-state index contributed by atoms with van der Waals surface area (Å²) in [7, 11) is 0. The summed E-state index contributed by atoms with van der Waals surface area (Å²) < 4.78 is 0. The second kappa shape index (κ2) is 4.24. The molecule has 24 heavy (non-hydrogen) atoms. The molecule has 6 rings (SSSR count). The van der Waals surface area contributed by atoms with Gasteiger partial charge in [-0.3, -0.25) is 0 Å². The van der Waals surface area contributed by atoms with E-state index in [1.54, 1.807) is 0 Å². The van der Waals surface area contributed by atoms with Crippen LogP contribution in [0.25, 0.3) is 45.2 Å². The summed E-state index contributed by atoms with van der Waals surface area (Å²) in [5.41, 5.74) is 8.06. The Balaban J connectivity index is 1.76. The first kappa shape index (κ1) is 12.3. The van der Waals surface area contributed by atoms with Gasteiger partial charge in [0.1, 0.15) is 0 Å². The van der Waals surface area contributed by atoms with Crippen molar-refractivity contribution in [3.05, 3.63) is 94.4 Å². The molecule has 4 aromatic rings. The van der Waals surface area contributed by atoms with E-state index >= 15 is 0 Å². The van der Waals surface area contributed by atoms with Gasteiger partial charge in [-0.15, -0.1) is 0 Å². The van der Waals surface area contributed by atoms with Crippen molar-refractivity contribution in [3.63, 3.8) is 0 Å². The molecule has 2 aliphatic rings. The third kappa shape index (κ3) is 1.43. The van der Waals surface area contributed by atoms with Gasteiger partial charge in [0, 0.05) is 0 Å². The molecule has 0 fully saturated rings. The molecule has 0 nitrogen and oxygen atoms in total. The molecule has 0 atom stereocenters. The first-order valence-corrected chi connectivity index (χ1v) is 8.38. The molecule has 4 aromatic carbocycles. The zero-order valence-electron chi connectivity index (χ0n) is 13.1. The van der Waals surface area contributed by atoms with E-state index in [-0.39, 0.29) is 0 Å². The summed E-state index contributed by atoms with van der Waals surface area (Å²) in [6.07, 6.45) is 4.67. The first-order valence-electron chi connectivity index (χ1n) is 8.38. The summed E-state index contributed by atoms with van der Waals surface area (Å²) >= 11 is 0. The zero-order valence-corrected chi connectivity index (χ0v) is 13.1. The number of hydrogen-bond acceptors (Lipinski definition) is 0. The highest BCUT2D eigenvalue weighted by Crippen LogP contribution is 2.31. The zero-order chi connectivity index (χ0) is 15.7. The Morgan fingerprint density at radius 2 is 0.833 bits per heavy atom. The Morgan fingerprint density at radius 3 is 1.33 bits per heavy atom. The van der Waals surface area contributed by atoms with E-state index in [2.05, 4.69) is 84.9 Å². The van der Waals surface area contributed by atoms with E-state index in [0.29, 0.717) is 0 Å². The van der Waals surface area contributed by atoms with Crippen LogP contribution in [0.15, 0.2) is 72.8 Å². The van der Waals surface area contributed by atoms with Gasteiger partial charge < -0.3 is 0 Å². The molecule has 110 valence electrons. The highest BCUT2D eigenvalue weighted by molar-refractivity contribution is 6.00. The van der Waals surface area contributed by atoms with Crippen molar-refractivity contribution in [2.45, 2.75) is 0 Å². The maximum atomic E-state index is 2.33. The van der Waals surface area contributed by atoms with E-state index < -0.39 is 0 Å². The number of benzene rings is 4. The predicted octanol–water partition coefficient (Wildman–Crippen LogP) is 4.46. The van der Waals surface area contributed by atoms with Gasteiger partial charge in [-0.1, -0.05) is 72.8 Å². The van der Waals surface area contributed by atoms with E-state index in [0.717, 1.165) is 0 Å². The van der Waals surface area contributed by atoms with Crippen LogP contribution >= 0.6 is 0 Å². The van der Waals surface area contributed by atoms with Crippen LogP contribution in [0.1, 0.15) is 11.1 Å². The monoisotopic (exact) mass is 302 g/mol. The lowest BCUT2D eigenvalue weighted by atomic mass is 9.97. The number of rotatable bonds is 0. The Bertz CT molecular complexity index is 1190. The molecule has 0 spiro atoms. The minimum absolute atomic E-state index is 1.33. The molecule has 0 aromatic heterocycles. The summed E-state index contributed by atoms with van der Waals surface area (Å²) in [5.74, 6) is 0. The van der Waals surface area contributed by atoms with Crippen LogP contribution in [0, 0.1) is 0 Å². The van der Waals surface area contributed by atoms with Crippen molar-refractivity contribution in [3.8, 4) is 22.3 Å². The second-order valence-corrected chi connectivity index (χ2v) is 6.61. The Hall–Kier alpha value is -3.12. The second-order valence-electron chi connectivity index (χ2n) is 6.61. The maximum absolute atomic E-state index is 2.33. The normalized spacial score (nSPS) is 12.8. The van der Waals surface area contributed by atoms with E-state index in [9.17, 15) is 0 Å². The van der Waals surface area contributed by atoms with Crippen LogP contribution in [-0.2, 0) is 0 Å². The third-order valence-corrected chi connectivity index (χ3v) is 5.39. The smallest absolute Gasteiger partial charge is 0.00928 e. The number of hydrogen-bond donors (Lipinski definition) is 0.